The summed E-state index contributed by atoms with van der Waals surface area (Å²) in [7, 11) is 0. The van der Waals surface area contributed by atoms with Crippen molar-refractivity contribution in [1.29, 1.82) is 5.41 Å². The van der Waals surface area contributed by atoms with Crippen molar-refractivity contribution in [2.45, 2.75) is 12.8 Å². The van der Waals surface area contributed by atoms with Gasteiger partial charge in [0.2, 0.25) is 5.95 Å². The lowest BCUT2D eigenvalue weighted by molar-refractivity contribution is 0.497. The van der Waals surface area contributed by atoms with E-state index < -0.39 is 0 Å². The van der Waals surface area contributed by atoms with Gasteiger partial charge in [0.05, 0.1) is 11.4 Å². The Bertz CT molecular complexity index is 610. The van der Waals surface area contributed by atoms with Crippen molar-refractivity contribution in [3.63, 3.8) is 0 Å². The Hall–Kier alpha value is -2.17. The zero-order valence-corrected chi connectivity index (χ0v) is 10.7. The molecule has 3 N–H and O–H groups in total. The van der Waals surface area contributed by atoms with Crippen LogP contribution in [0, 0.1) is 11.3 Å². The highest BCUT2D eigenvalue weighted by Crippen LogP contribution is 2.21. The van der Waals surface area contributed by atoms with Crippen molar-refractivity contribution in [3.05, 3.63) is 30.5 Å². The van der Waals surface area contributed by atoms with E-state index in [2.05, 4.69) is 14.9 Å². The first-order valence-corrected chi connectivity index (χ1v) is 6.54. The fourth-order valence-electron chi connectivity index (χ4n) is 2.53. The smallest absolute Gasteiger partial charge is 0.225 e. The summed E-state index contributed by atoms with van der Waals surface area (Å²) in [5, 5.41) is 8.63. The van der Waals surface area contributed by atoms with Crippen LogP contribution < -0.4 is 10.6 Å². The summed E-state index contributed by atoms with van der Waals surface area (Å²) in [6.07, 6.45) is 3.87. The fourth-order valence-corrected chi connectivity index (χ4v) is 2.53. The van der Waals surface area contributed by atoms with E-state index in [1.807, 2.05) is 30.5 Å². The molecular formula is C14H17N5. The molecule has 0 spiro atoms. The van der Waals surface area contributed by atoms with E-state index in [0.717, 1.165) is 42.8 Å². The van der Waals surface area contributed by atoms with Gasteiger partial charge in [-0.25, -0.2) is 9.97 Å². The second kappa shape index (κ2) is 4.84. The Morgan fingerprint density at radius 2 is 2.21 bits per heavy atom. The second-order valence-electron chi connectivity index (χ2n) is 4.97. The second-order valence-corrected chi connectivity index (χ2v) is 4.97. The summed E-state index contributed by atoms with van der Waals surface area (Å²) in [5.74, 6) is 1.14. The van der Waals surface area contributed by atoms with Crippen LogP contribution in [0.2, 0.25) is 0 Å². The molecule has 0 saturated carbocycles. The average Bonchev–Trinajstić information content (AvgIpc) is 2.47. The predicted octanol–water partition coefficient (Wildman–Crippen LogP) is 1.78. The van der Waals surface area contributed by atoms with Crippen LogP contribution in [0.15, 0.2) is 30.5 Å². The number of nitrogens with two attached hydrogens (primary N) is 1. The highest BCUT2D eigenvalue weighted by atomic mass is 15.3. The van der Waals surface area contributed by atoms with Gasteiger partial charge in [-0.05, 0) is 18.9 Å². The molecule has 19 heavy (non-hydrogen) atoms. The van der Waals surface area contributed by atoms with Gasteiger partial charge in [0, 0.05) is 30.6 Å². The lowest BCUT2D eigenvalue weighted by Gasteiger charge is -2.32. The molecule has 0 radical (unpaired) electrons. The maximum absolute atomic E-state index is 7.58. The first-order chi connectivity index (χ1) is 9.24. The van der Waals surface area contributed by atoms with Crippen molar-refractivity contribution >= 4 is 22.7 Å². The lowest BCUT2D eigenvalue weighted by Crippen LogP contribution is -2.41. The zero-order valence-electron chi connectivity index (χ0n) is 10.7. The Morgan fingerprint density at radius 3 is 3.05 bits per heavy atom. The molecule has 1 aromatic carbocycles. The van der Waals surface area contributed by atoms with Crippen molar-refractivity contribution in [1.82, 2.24) is 9.97 Å². The molecule has 1 aliphatic heterocycles. The molecule has 0 bridgehead atoms. The van der Waals surface area contributed by atoms with Gasteiger partial charge in [0.15, 0.2) is 0 Å². The van der Waals surface area contributed by atoms with Crippen LogP contribution in [-0.4, -0.2) is 28.9 Å². The van der Waals surface area contributed by atoms with E-state index in [0.29, 0.717) is 0 Å². The largest absolute Gasteiger partial charge is 0.387 e. The van der Waals surface area contributed by atoms with Crippen LogP contribution in [0.1, 0.15) is 12.8 Å². The van der Waals surface area contributed by atoms with Gasteiger partial charge < -0.3 is 10.6 Å². The molecule has 1 saturated heterocycles. The Kier molecular flexibility index (Phi) is 3.03. The molecule has 5 nitrogen and oxygen atoms in total. The van der Waals surface area contributed by atoms with Crippen LogP contribution >= 0.6 is 0 Å². The average molecular weight is 255 g/mol. The van der Waals surface area contributed by atoms with Gasteiger partial charge in [0.25, 0.3) is 0 Å². The maximum atomic E-state index is 7.58. The number of fused-ring (bicyclic) bond motifs is 1. The number of para-hydroxylation sites is 1. The summed E-state index contributed by atoms with van der Waals surface area (Å²) in [6, 6.07) is 7.96. The third-order valence-electron chi connectivity index (χ3n) is 3.62. The molecule has 1 atom stereocenters. The number of nitrogens with zero attached hydrogens (tertiary/aromatic N) is 3. The number of aromatic nitrogens is 2. The number of rotatable bonds is 2. The first kappa shape index (κ1) is 11.9. The highest BCUT2D eigenvalue weighted by Gasteiger charge is 2.23. The topological polar surface area (TPSA) is 78.9 Å². The van der Waals surface area contributed by atoms with Crippen LogP contribution in [0.5, 0.6) is 0 Å². The summed E-state index contributed by atoms with van der Waals surface area (Å²) in [6.45, 7) is 1.68. The number of amidine groups is 1. The van der Waals surface area contributed by atoms with Crippen molar-refractivity contribution in [2.75, 3.05) is 18.0 Å². The standard InChI is InChI=1S/C14H17N5/c15-13(16)11-5-3-7-19(9-11)14-17-8-10-4-1-2-6-12(10)18-14/h1-2,4,6,8,11H,3,5,7,9H2,(H3,15,16). The molecule has 98 valence electrons. The molecule has 1 fully saturated rings. The third-order valence-corrected chi connectivity index (χ3v) is 3.62. The highest BCUT2D eigenvalue weighted by molar-refractivity contribution is 5.81. The Labute approximate surface area is 112 Å². The summed E-state index contributed by atoms with van der Waals surface area (Å²) in [4.78, 5) is 11.2. The van der Waals surface area contributed by atoms with Crippen LogP contribution in [0.3, 0.4) is 0 Å². The van der Waals surface area contributed by atoms with Crippen LogP contribution in [-0.2, 0) is 0 Å². The monoisotopic (exact) mass is 255 g/mol. The predicted molar refractivity (Wildman–Crippen MR) is 76.4 cm³/mol. The van der Waals surface area contributed by atoms with Crippen molar-refractivity contribution in [3.8, 4) is 0 Å². The molecule has 1 unspecified atom stereocenters. The minimum atomic E-state index is 0.129. The Balaban J connectivity index is 1.89. The summed E-state index contributed by atoms with van der Waals surface area (Å²) < 4.78 is 0. The third kappa shape index (κ3) is 2.36. The van der Waals surface area contributed by atoms with Gasteiger partial charge in [-0.2, -0.15) is 0 Å². The molecule has 0 amide bonds. The van der Waals surface area contributed by atoms with E-state index in [1.165, 1.54) is 0 Å². The lowest BCUT2D eigenvalue weighted by atomic mass is 9.97. The maximum Gasteiger partial charge on any atom is 0.225 e. The molecule has 0 aliphatic carbocycles. The summed E-state index contributed by atoms with van der Waals surface area (Å²) in [5.41, 5.74) is 6.57. The number of hydrogen-bond donors (Lipinski definition) is 2. The van der Waals surface area contributed by atoms with Crippen LogP contribution in [0.4, 0.5) is 5.95 Å². The zero-order chi connectivity index (χ0) is 13.2. The number of benzene rings is 1. The van der Waals surface area contributed by atoms with E-state index in [1.54, 1.807) is 0 Å². The van der Waals surface area contributed by atoms with E-state index >= 15 is 0 Å². The molecular weight excluding hydrogens is 238 g/mol. The molecule has 1 aromatic heterocycles. The van der Waals surface area contributed by atoms with Gasteiger partial charge >= 0.3 is 0 Å². The van der Waals surface area contributed by atoms with Gasteiger partial charge in [-0.3, -0.25) is 5.41 Å². The quantitative estimate of drug-likeness (QED) is 0.633. The van der Waals surface area contributed by atoms with E-state index in [9.17, 15) is 0 Å². The van der Waals surface area contributed by atoms with E-state index in [4.69, 9.17) is 11.1 Å². The minimum absolute atomic E-state index is 0.129. The number of anilines is 1. The van der Waals surface area contributed by atoms with Gasteiger partial charge in [-0.1, -0.05) is 18.2 Å². The number of piperidine rings is 1. The fraction of sp³-hybridized carbons (Fsp3) is 0.357. The Morgan fingerprint density at radius 1 is 1.37 bits per heavy atom. The van der Waals surface area contributed by atoms with Crippen molar-refractivity contribution in [2.24, 2.45) is 11.7 Å². The first-order valence-electron chi connectivity index (χ1n) is 6.54. The molecule has 1 aliphatic rings. The molecule has 5 heteroatoms. The number of nitrogens with one attached hydrogen (secondary N) is 1. The molecule has 2 aromatic rings. The summed E-state index contributed by atoms with van der Waals surface area (Å²) >= 11 is 0. The van der Waals surface area contributed by atoms with Gasteiger partial charge in [0.1, 0.15) is 0 Å². The van der Waals surface area contributed by atoms with Crippen molar-refractivity contribution < 1.29 is 0 Å². The van der Waals surface area contributed by atoms with Crippen LogP contribution in [0.25, 0.3) is 10.9 Å². The normalized spacial score (nSPS) is 19.6. The minimum Gasteiger partial charge on any atom is -0.387 e. The van der Waals surface area contributed by atoms with E-state index in [-0.39, 0.29) is 11.8 Å². The number of hydrogen-bond acceptors (Lipinski definition) is 4. The molecule has 3 rings (SSSR count). The van der Waals surface area contributed by atoms with Gasteiger partial charge in [-0.15, -0.1) is 0 Å². The molecule has 2 heterocycles. The SMILES string of the molecule is N=C(N)C1CCCN(c2ncc3ccccc3n2)C1.